The first-order chi connectivity index (χ1) is 9.10. The van der Waals surface area contributed by atoms with Crippen LogP contribution in [0.3, 0.4) is 0 Å². The number of alkyl halides is 1. The largest absolute Gasteiger partial charge is 0.370 e. The third-order valence-electron chi connectivity index (χ3n) is 3.12. The van der Waals surface area contributed by atoms with E-state index in [9.17, 15) is 4.39 Å². The van der Waals surface area contributed by atoms with Crippen molar-refractivity contribution in [1.82, 2.24) is 0 Å². The highest BCUT2D eigenvalue weighted by atomic mass is 35.5. The maximum Gasteiger partial charge on any atom is 0.123 e. The zero-order valence-corrected chi connectivity index (χ0v) is 11.9. The topological polar surface area (TPSA) is 3.24 Å². The van der Waals surface area contributed by atoms with E-state index in [1.807, 2.05) is 7.05 Å². The minimum absolute atomic E-state index is 0.205. The van der Waals surface area contributed by atoms with E-state index < -0.39 is 0 Å². The van der Waals surface area contributed by atoms with Gasteiger partial charge in [0.05, 0.1) is 0 Å². The Bertz CT molecular complexity index is 551. The van der Waals surface area contributed by atoms with Crippen molar-refractivity contribution in [2.75, 3.05) is 11.9 Å². The zero-order chi connectivity index (χ0) is 13.8. The van der Waals surface area contributed by atoms with Crippen LogP contribution in [0.2, 0.25) is 0 Å². The third-order valence-corrected chi connectivity index (χ3v) is 3.41. The molecule has 0 aliphatic heterocycles. The van der Waals surface area contributed by atoms with Crippen molar-refractivity contribution >= 4 is 17.3 Å². The molecule has 0 radical (unpaired) electrons. The first-order valence-electron chi connectivity index (χ1n) is 6.21. The molecule has 3 heteroatoms. The number of anilines is 1. The van der Waals surface area contributed by atoms with Gasteiger partial charge in [0, 0.05) is 25.2 Å². The van der Waals surface area contributed by atoms with Crippen molar-refractivity contribution in [2.24, 2.45) is 0 Å². The molecule has 0 aliphatic rings. The summed E-state index contributed by atoms with van der Waals surface area (Å²) in [5.74, 6) is 0.285. The number of halogens is 2. The van der Waals surface area contributed by atoms with E-state index in [4.69, 9.17) is 11.6 Å². The fraction of sp³-hybridized carbons (Fsp3) is 0.250. The van der Waals surface area contributed by atoms with E-state index in [-0.39, 0.29) is 5.82 Å². The molecule has 0 saturated heterocycles. The van der Waals surface area contributed by atoms with Gasteiger partial charge in [-0.05, 0) is 36.2 Å². The van der Waals surface area contributed by atoms with Crippen molar-refractivity contribution in [2.45, 2.75) is 19.3 Å². The summed E-state index contributed by atoms with van der Waals surface area (Å²) in [5, 5.41) is 0. The molecule has 19 heavy (non-hydrogen) atoms. The van der Waals surface area contributed by atoms with Crippen LogP contribution in [0.1, 0.15) is 16.7 Å². The summed E-state index contributed by atoms with van der Waals surface area (Å²) in [6.07, 6.45) is 0. The predicted molar refractivity (Wildman–Crippen MR) is 79.2 cm³/mol. The SMILES string of the molecule is Cc1ccc(N(C)Cc2ccc(F)cc2)c(CCl)c1. The fourth-order valence-electron chi connectivity index (χ4n) is 2.14. The molecule has 0 atom stereocenters. The number of aryl methyl sites for hydroxylation is 1. The third kappa shape index (κ3) is 3.48. The smallest absolute Gasteiger partial charge is 0.123 e. The standard InChI is InChI=1S/C16H17ClFN/c1-12-3-8-16(14(9-12)10-17)19(2)11-13-4-6-15(18)7-5-13/h3-9H,10-11H2,1-2H3. The Kier molecular flexibility index (Phi) is 4.43. The average molecular weight is 278 g/mol. The number of benzene rings is 2. The molecule has 0 fully saturated rings. The highest BCUT2D eigenvalue weighted by Gasteiger charge is 2.07. The maximum absolute atomic E-state index is 12.9. The number of nitrogens with zero attached hydrogens (tertiary/aromatic N) is 1. The Labute approximate surface area is 118 Å². The molecule has 2 aromatic rings. The van der Waals surface area contributed by atoms with Gasteiger partial charge in [-0.1, -0.05) is 29.8 Å². The Hall–Kier alpha value is -1.54. The van der Waals surface area contributed by atoms with Gasteiger partial charge >= 0.3 is 0 Å². The van der Waals surface area contributed by atoms with Crippen molar-refractivity contribution in [3.05, 3.63) is 65.0 Å². The van der Waals surface area contributed by atoms with Crippen molar-refractivity contribution < 1.29 is 4.39 Å². The lowest BCUT2D eigenvalue weighted by Gasteiger charge is -2.22. The van der Waals surface area contributed by atoms with E-state index in [2.05, 4.69) is 30.0 Å². The number of hydrogen-bond acceptors (Lipinski definition) is 1. The van der Waals surface area contributed by atoms with Crippen LogP contribution < -0.4 is 4.90 Å². The molecule has 0 aromatic heterocycles. The molecule has 1 nitrogen and oxygen atoms in total. The van der Waals surface area contributed by atoms with E-state index >= 15 is 0 Å². The molecule has 0 heterocycles. The summed E-state index contributed by atoms with van der Waals surface area (Å²) in [4.78, 5) is 2.13. The van der Waals surface area contributed by atoms with Gasteiger partial charge in [-0.3, -0.25) is 0 Å². The molecule has 0 spiro atoms. The molecule has 0 amide bonds. The van der Waals surface area contributed by atoms with Crippen LogP contribution in [0.5, 0.6) is 0 Å². The second-order valence-electron chi connectivity index (χ2n) is 4.75. The lowest BCUT2D eigenvalue weighted by molar-refractivity contribution is 0.627. The molecule has 0 N–H and O–H groups in total. The van der Waals surface area contributed by atoms with Crippen LogP contribution in [0.25, 0.3) is 0 Å². The van der Waals surface area contributed by atoms with Crippen LogP contribution >= 0.6 is 11.6 Å². The normalized spacial score (nSPS) is 10.5. The van der Waals surface area contributed by atoms with E-state index in [0.717, 1.165) is 23.4 Å². The van der Waals surface area contributed by atoms with Crippen LogP contribution in [-0.4, -0.2) is 7.05 Å². The minimum atomic E-state index is -0.205. The van der Waals surface area contributed by atoms with Crippen molar-refractivity contribution in [1.29, 1.82) is 0 Å². The summed E-state index contributed by atoms with van der Waals surface area (Å²) in [6.45, 7) is 2.78. The zero-order valence-electron chi connectivity index (χ0n) is 11.2. The second kappa shape index (κ2) is 6.07. The van der Waals surface area contributed by atoms with E-state index in [1.165, 1.54) is 17.7 Å². The Morgan fingerprint density at radius 2 is 1.79 bits per heavy atom. The average Bonchev–Trinajstić information content (AvgIpc) is 2.41. The molecule has 100 valence electrons. The Morgan fingerprint density at radius 1 is 1.11 bits per heavy atom. The lowest BCUT2D eigenvalue weighted by Crippen LogP contribution is -2.17. The van der Waals surface area contributed by atoms with Gasteiger partial charge < -0.3 is 4.90 Å². The van der Waals surface area contributed by atoms with Crippen molar-refractivity contribution in [3.8, 4) is 0 Å². The highest BCUT2D eigenvalue weighted by Crippen LogP contribution is 2.24. The summed E-state index contributed by atoms with van der Waals surface area (Å²) in [5.41, 5.74) is 4.51. The van der Waals surface area contributed by atoms with Crippen LogP contribution in [0.4, 0.5) is 10.1 Å². The first kappa shape index (κ1) is 13.9. The van der Waals surface area contributed by atoms with Gasteiger partial charge in [-0.15, -0.1) is 11.6 Å². The van der Waals surface area contributed by atoms with Crippen LogP contribution in [0.15, 0.2) is 42.5 Å². The predicted octanol–water partition coefficient (Wildman–Crippen LogP) is 4.51. The number of hydrogen-bond donors (Lipinski definition) is 0. The molecule has 2 rings (SSSR count). The second-order valence-corrected chi connectivity index (χ2v) is 5.02. The highest BCUT2D eigenvalue weighted by molar-refractivity contribution is 6.17. The molecular weight excluding hydrogens is 261 g/mol. The van der Waals surface area contributed by atoms with Crippen molar-refractivity contribution in [3.63, 3.8) is 0 Å². The molecule has 0 aliphatic carbocycles. The van der Waals surface area contributed by atoms with Gasteiger partial charge in [0.2, 0.25) is 0 Å². The summed E-state index contributed by atoms with van der Waals surface area (Å²) in [7, 11) is 2.02. The van der Waals surface area contributed by atoms with Crippen LogP contribution in [0, 0.1) is 12.7 Å². The first-order valence-corrected chi connectivity index (χ1v) is 6.74. The van der Waals surface area contributed by atoms with Gasteiger partial charge in [0.25, 0.3) is 0 Å². The van der Waals surface area contributed by atoms with Gasteiger partial charge in [0.1, 0.15) is 5.82 Å². The Balaban J connectivity index is 2.19. The van der Waals surface area contributed by atoms with E-state index in [0.29, 0.717) is 5.88 Å². The molecule has 0 bridgehead atoms. The summed E-state index contributed by atoms with van der Waals surface area (Å²) < 4.78 is 12.9. The number of rotatable bonds is 4. The minimum Gasteiger partial charge on any atom is -0.370 e. The monoisotopic (exact) mass is 277 g/mol. The fourth-order valence-corrected chi connectivity index (χ4v) is 2.36. The van der Waals surface area contributed by atoms with Gasteiger partial charge in [-0.25, -0.2) is 4.39 Å². The van der Waals surface area contributed by atoms with Gasteiger partial charge in [-0.2, -0.15) is 0 Å². The van der Waals surface area contributed by atoms with Crippen LogP contribution in [-0.2, 0) is 12.4 Å². The molecule has 0 saturated carbocycles. The lowest BCUT2D eigenvalue weighted by atomic mass is 10.1. The summed E-state index contributed by atoms with van der Waals surface area (Å²) >= 11 is 6.00. The quantitative estimate of drug-likeness (QED) is 0.743. The van der Waals surface area contributed by atoms with Gasteiger partial charge in [0.15, 0.2) is 0 Å². The molecule has 2 aromatic carbocycles. The molecule has 0 unspecified atom stereocenters. The maximum atomic E-state index is 12.9. The van der Waals surface area contributed by atoms with E-state index in [1.54, 1.807) is 12.1 Å². The summed E-state index contributed by atoms with van der Waals surface area (Å²) in [6, 6.07) is 12.8. The Morgan fingerprint density at radius 3 is 2.42 bits per heavy atom. The molecular formula is C16H17ClFN.